The number of nitrogens with zero attached hydrogens (tertiary/aromatic N) is 2. The van der Waals surface area contributed by atoms with Crippen molar-refractivity contribution in [3.8, 4) is 0 Å². The molecular formula is C12H18N2OS. The zero-order valence-electron chi connectivity index (χ0n) is 10.1. The summed E-state index contributed by atoms with van der Waals surface area (Å²) in [5.41, 5.74) is 2.73. The molecule has 0 aliphatic carbocycles. The van der Waals surface area contributed by atoms with E-state index < -0.39 is 0 Å². The SMILES string of the molecule is CC(=O)c1c(C)nn(C2CCCSC2)c1C. The summed E-state index contributed by atoms with van der Waals surface area (Å²) in [6.07, 6.45) is 2.44. The summed E-state index contributed by atoms with van der Waals surface area (Å²) >= 11 is 1.98. The van der Waals surface area contributed by atoms with Crippen LogP contribution >= 0.6 is 11.8 Å². The summed E-state index contributed by atoms with van der Waals surface area (Å²) < 4.78 is 2.07. The molecule has 1 aliphatic heterocycles. The van der Waals surface area contributed by atoms with Gasteiger partial charge in [0.25, 0.3) is 0 Å². The number of thioether (sulfide) groups is 1. The Morgan fingerprint density at radius 2 is 2.25 bits per heavy atom. The fraction of sp³-hybridized carbons (Fsp3) is 0.667. The van der Waals surface area contributed by atoms with Gasteiger partial charge in [-0.2, -0.15) is 16.9 Å². The first-order valence-electron chi connectivity index (χ1n) is 5.75. The van der Waals surface area contributed by atoms with E-state index in [-0.39, 0.29) is 5.78 Å². The molecular weight excluding hydrogens is 220 g/mol. The molecule has 4 heteroatoms. The van der Waals surface area contributed by atoms with Crippen molar-refractivity contribution in [1.29, 1.82) is 0 Å². The number of carbonyl (C=O) groups excluding carboxylic acids is 1. The highest BCUT2D eigenvalue weighted by molar-refractivity contribution is 7.99. The van der Waals surface area contributed by atoms with E-state index in [0.29, 0.717) is 6.04 Å². The summed E-state index contributed by atoms with van der Waals surface area (Å²) in [5, 5.41) is 4.54. The minimum atomic E-state index is 0.129. The first-order valence-corrected chi connectivity index (χ1v) is 6.91. The van der Waals surface area contributed by atoms with Crippen LogP contribution in [0.2, 0.25) is 0 Å². The first kappa shape index (κ1) is 11.7. The Labute approximate surface area is 101 Å². The minimum absolute atomic E-state index is 0.129. The van der Waals surface area contributed by atoms with Crippen molar-refractivity contribution < 1.29 is 4.79 Å². The molecule has 0 N–H and O–H groups in total. The molecule has 0 saturated carbocycles. The summed E-state index contributed by atoms with van der Waals surface area (Å²) in [7, 11) is 0. The molecule has 0 aromatic carbocycles. The fourth-order valence-electron chi connectivity index (χ4n) is 2.44. The molecule has 1 aromatic rings. The molecule has 1 aliphatic rings. The van der Waals surface area contributed by atoms with E-state index in [1.54, 1.807) is 6.92 Å². The van der Waals surface area contributed by atoms with E-state index >= 15 is 0 Å². The second-order valence-electron chi connectivity index (χ2n) is 4.42. The number of aryl methyl sites for hydroxylation is 1. The Morgan fingerprint density at radius 1 is 1.50 bits per heavy atom. The van der Waals surface area contributed by atoms with Crippen molar-refractivity contribution in [2.45, 2.75) is 39.7 Å². The van der Waals surface area contributed by atoms with Crippen molar-refractivity contribution in [1.82, 2.24) is 9.78 Å². The van der Waals surface area contributed by atoms with E-state index in [1.807, 2.05) is 25.6 Å². The molecule has 88 valence electrons. The summed E-state index contributed by atoms with van der Waals surface area (Å²) in [6.45, 7) is 5.56. The molecule has 1 aromatic heterocycles. The molecule has 0 bridgehead atoms. The highest BCUT2D eigenvalue weighted by Gasteiger charge is 2.22. The molecule has 0 radical (unpaired) electrons. The summed E-state index contributed by atoms with van der Waals surface area (Å²) in [4.78, 5) is 11.5. The van der Waals surface area contributed by atoms with E-state index in [0.717, 1.165) is 22.7 Å². The van der Waals surface area contributed by atoms with Crippen LogP contribution in [0.15, 0.2) is 0 Å². The number of Topliss-reactive ketones (excluding diaryl/α,β-unsaturated/α-hetero) is 1. The van der Waals surface area contributed by atoms with Crippen LogP contribution in [0.4, 0.5) is 0 Å². The molecule has 0 amide bonds. The lowest BCUT2D eigenvalue weighted by molar-refractivity contribution is 0.101. The predicted molar refractivity (Wildman–Crippen MR) is 67.3 cm³/mol. The molecule has 1 saturated heterocycles. The van der Waals surface area contributed by atoms with E-state index in [9.17, 15) is 4.79 Å². The van der Waals surface area contributed by atoms with Crippen LogP contribution in [-0.4, -0.2) is 27.1 Å². The average Bonchev–Trinajstić information content (AvgIpc) is 2.55. The van der Waals surface area contributed by atoms with Crippen LogP contribution < -0.4 is 0 Å². The number of aromatic nitrogens is 2. The van der Waals surface area contributed by atoms with Gasteiger partial charge in [-0.15, -0.1) is 0 Å². The Balaban J connectivity index is 2.34. The Morgan fingerprint density at radius 3 is 2.75 bits per heavy atom. The first-order chi connectivity index (χ1) is 7.61. The van der Waals surface area contributed by atoms with Crippen molar-refractivity contribution >= 4 is 17.5 Å². The van der Waals surface area contributed by atoms with Gasteiger partial charge in [-0.05, 0) is 39.4 Å². The predicted octanol–water partition coefficient (Wildman–Crippen LogP) is 2.77. The van der Waals surface area contributed by atoms with Gasteiger partial charge in [-0.3, -0.25) is 9.48 Å². The monoisotopic (exact) mass is 238 g/mol. The van der Waals surface area contributed by atoms with Crippen molar-refractivity contribution in [2.75, 3.05) is 11.5 Å². The van der Waals surface area contributed by atoms with Gasteiger partial charge >= 0.3 is 0 Å². The third kappa shape index (κ3) is 2.03. The quantitative estimate of drug-likeness (QED) is 0.743. The highest BCUT2D eigenvalue weighted by Crippen LogP contribution is 2.29. The standard InChI is InChI=1S/C12H18N2OS/c1-8-12(10(3)15)9(2)14(13-8)11-5-4-6-16-7-11/h11H,4-7H2,1-3H3. The maximum absolute atomic E-state index is 11.5. The zero-order valence-corrected chi connectivity index (χ0v) is 10.9. The topological polar surface area (TPSA) is 34.9 Å². The normalized spacial score (nSPS) is 21.1. The molecule has 2 heterocycles. The van der Waals surface area contributed by atoms with E-state index in [1.165, 1.54) is 18.6 Å². The van der Waals surface area contributed by atoms with Crippen LogP contribution in [0.1, 0.15) is 47.6 Å². The van der Waals surface area contributed by atoms with Gasteiger partial charge < -0.3 is 0 Å². The summed E-state index contributed by atoms with van der Waals surface area (Å²) in [5.74, 6) is 2.51. The Bertz CT molecular complexity index is 405. The largest absolute Gasteiger partial charge is 0.294 e. The molecule has 0 spiro atoms. The second-order valence-corrected chi connectivity index (χ2v) is 5.57. The average molecular weight is 238 g/mol. The molecule has 1 atom stereocenters. The molecule has 3 nitrogen and oxygen atoms in total. The van der Waals surface area contributed by atoms with Gasteiger partial charge in [0.2, 0.25) is 0 Å². The van der Waals surface area contributed by atoms with Gasteiger partial charge in [-0.1, -0.05) is 0 Å². The van der Waals surface area contributed by atoms with Crippen molar-refractivity contribution in [3.63, 3.8) is 0 Å². The zero-order chi connectivity index (χ0) is 11.7. The van der Waals surface area contributed by atoms with Gasteiger partial charge in [0.15, 0.2) is 5.78 Å². The van der Waals surface area contributed by atoms with Crippen LogP contribution in [-0.2, 0) is 0 Å². The highest BCUT2D eigenvalue weighted by atomic mass is 32.2. The third-order valence-corrected chi connectivity index (χ3v) is 4.36. The molecule has 1 unspecified atom stereocenters. The number of carbonyl (C=O) groups is 1. The van der Waals surface area contributed by atoms with E-state index in [4.69, 9.17) is 0 Å². The van der Waals surface area contributed by atoms with Crippen molar-refractivity contribution in [3.05, 3.63) is 17.0 Å². The van der Waals surface area contributed by atoms with Gasteiger partial charge in [0, 0.05) is 11.4 Å². The van der Waals surface area contributed by atoms with Crippen LogP contribution in [0.3, 0.4) is 0 Å². The maximum Gasteiger partial charge on any atom is 0.163 e. The number of ketones is 1. The van der Waals surface area contributed by atoms with Gasteiger partial charge in [0.05, 0.1) is 17.3 Å². The fourth-order valence-corrected chi connectivity index (χ4v) is 3.56. The number of hydrogen-bond donors (Lipinski definition) is 0. The summed E-state index contributed by atoms with van der Waals surface area (Å²) in [6, 6.07) is 0.477. The van der Waals surface area contributed by atoms with Crippen LogP contribution in [0, 0.1) is 13.8 Å². The molecule has 2 rings (SSSR count). The lowest BCUT2D eigenvalue weighted by atomic mass is 10.1. The Kier molecular flexibility index (Phi) is 3.38. The van der Waals surface area contributed by atoms with E-state index in [2.05, 4.69) is 9.78 Å². The third-order valence-electron chi connectivity index (χ3n) is 3.16. The van der Waals surface area contributed by atoms with Gasteiger partial charge in [0.1, 0.15) is 0 Å². The maximum atomic E-state index is 11.5. The molecule has 16 heavy (non-hydrogen) atoms. The Hall–Kier alpha value is -0.770. The van der Waals surface area contributed by atoms with Crippen molar-refractivity contribution in [2.24, 2.45) is 0 Å². The van der Waals surface area contributed by atoms with Crippen LogP contribution in [0.25, 0.3) is 0 Å². The number of rotatable bonds is 2. The second kappa shape index (κ2) is 4.62. The van der Waals surface area contributed by atoms with Crippen LogP contribution in [0.5, 0.6) is 0 Å². The minimum Gasteiger partial charge on any atom is -0.294 e. The lowest BCUT2D eigenvalue weighted by Gasteiger charge is -2.23. The number of hydrogen-bond acceptors (Lipinski definition) is 3. The lowest BCUT2D eigenvalue weighted by Crippen LogP contribution is -2.18. The smallest absolute Gasteiger partial charge is 0.163 e. The van der Waals surface area contributed by atoms with Gasteiger partial charge in [-0.25, -0.2) is 0 Å². The molecule has 1 fully saturated rings.